The molecule has 0 amide bonds. The van der Waals surface area contributed by atoms with Crippen LogP contribution in [0, 0.1) is 10.1 Å². The van der Waals surface area contributed by atoms with E-state index in [0.29, 0.717) is 18.8 Å². The third-order valence-corrected chi connectivity index (χ3v) is 6.31. The van der Waals surface area contributed by atoms with Gasteiger partial charge in [0, 0.05) is 24.0 Å². The van der Waals surface area contributed by atoms with Gasteiger partial charge in [-0.05, 0) is 42.6 Å². The molecule has 1 aromatic heterocycles. The molecule has 2 heterocycles. The van der Waals surface area contributed by atoms with Gasteiger partial charge in [0.15, 0.2) is 0 Å². The van der Waals surface area contributed by atoms with E-state index in [2.05, 4.69) is 4.72 Å². The summed E-state index contributed by atoms with van der Waals surface area (Å²) in [5.41, 5.74) is 1.42. The lowest BCUT2D eigenvalue weighted by atomic mass is 10.1. The molecule has 0 saturated heterocycles. The largest absolute Gasteiger partial charge is 0.361 e. The predicted octanol–water partition coefficient (Wildman–Crippen LogP) is 2.13. The number of anilines is 1. The summed E-state index contributed by atoms with van der Waals surface area (Å²) < 4.78 is 25.9. The van der Waals surface area contributed by atoms with Gasteiger partial charge in [0.25, 0.3) is 5.69 Å². The van der Waals surface area contributed by atoms with Gasteiger partial charge in [-0.1, -0.05) is 0 Å². The minimum Gasteiger partial charge on any atom is -0.361 e. The fraction of sp³-hybridized carbons (Fsp3) is 0.286. The van der Waals surface area contributed by atoms with Crippen LogP contribution in [0.1, 0.15) is 10.4 Å². The number of hydrogen-bond acceptors (Lipinski definition) is 6. The molecule has 23 heavy (non-hydrogen) atoms. The van der Waals surface area contributed by atoms with Crippen molar-refractivity contribution in [2.45, 2.75) is 17.9 Å². The number of fused-ring (bicyclic) bond motifs is 1. The molecule has 0 fully saturated rings. The van der Waals surface area contributed by atoms with Crippen LogP contribution in [-0.4, -0.2) is 26.9 Å². The molecule has 3 rings (SSSR count). The molecular weight excluding hydrogens is 338 g/mol. The van der Waals surface area contributed by atoms with Crippen molar-refractivity contribution in [3.05, 3.63) is 50.2 Å². The number of nitrogens with zero attached hydrogens (tertiary/aromatic N) is 2. The molecular formula is C14H15N3O4S2. The topological polar surface area (TPSA) is 92.6 Å². The van der Waals surface area contributed by atoms with Gasteiger partial charge in [-0.2, -0.15) is 0 Å². The zero-order valence-electron chi connectivity index (χ0n) is 12.4. The molecule has 0 aliphatic carbocycles. The average molecular weight is 353 g/mol. The van der Waals surface area contributed by atoms with Gasteiger partial charge in [0.1, 0.15) is 5.69 Å². The van der Waals surface area contributed by atoms with Gasteiger partial charge in [-0.25, -0.2) is 13.1 Å². The molecule has 122 valence electrons. The first-order chi connectivity index (χ1) is 10.9. The van der Waals surface area contributed by atoms with Gasteiger partial charge in [0.2, 0.25) is 10.0 Å². The van der Waals surface area contributed by atoms with E-state index in [0.717, 1.165) is 12.5 Å². The number of hydrogen-bond donors (Lipinski definition) is 1. The van der Waals surface area contributed by atoms with Crippen molar-refractivity contribution in [1.29, 1.82) is 0 Å². The molecule has 0 spiro atoms. The van der Waals surface area contributed by atoms with Crippen molar-refractivity contribution in [1.82, 2.24) is 4.72 Å². The van der Waals surface area contributed by atoms with Crippen molar-refractivity contribution in [3.63, 3.8) is 0 Å². The fourth-order valence-electron chi connectivity index (χ4n) is 2.66. The van der Waals surface area contributed by atoms with Gasteiger partial charge >= 0.3 is 0 Å². The van der Waals surface area contributed by atoms with E-state index in [1.54, 1.807) is 11.3 Å². The summed E-state index contributed by atoms with van der Waals surface area (Å²) in [5, 5.41) is 13.4. The standard InChI is InChI=1S/C14H15N3O4S2/c1-15-23(20,21)11-2-3-12(13(8-11)17(18)19)16-6-4-14-10(9-16)5-7-22-14/h2-3,5,7-8,15H,4,6,9H2,1H3. The number of benzene rings is 1. The van der Waals surface area contributed by atoms with E-state index >= 15 is 0 Å². The minimum absolute atomic E-state index is 0.108. The number of thiophene rings is 1. The van der Waals surface area contributed by atoms with Crippen molar-refractivity contribution < 1.29 is 13.3 Å². The molecule has 9 heteroatoms. The number of rotatable bonds is 4. The second kappa shape index (κ2) is 5.91. The first-order valence-electron chi connectivity index (χ1n) is 6.94. The third-order valence-electron chi connectivity index (χ3n) is 3.87. The molecule has 0 atom stereocenters. The monoisotopic (exact) mass is 353 g/mol. The maximum absolute atomic E-state index is 11.8. The highest BCUT2D eigenvalue weighted by Gasteiger charge is 2.26. The smallest absolute Gasteiger partial charge is 0.293 e. The zero-order valence-corrected chi connectivity index (χ0v) is 14.0. The van der Waals surface area contributed by atoms with Crippen molar-refractivity contribution in [2.24, 2.45) is 0 Å². The summed E-state index contributed by atoms with van der Waals surface area (Å²) in [6, 6.07) is 6.05. The van der Waals surface area contributed by atoms with Crippen molar-refractivity contribution in [2.75, 3.05) is 18.5 Å². The number of nitro benzene ring substituents is 1. The Morgan fingerprint density at radius 2 is 2.13 bits per heavy atom. The molecule has 1 aliphatic rings. The van der Waals surface area contributed by atoms with E-state index in [1.807, 2.05) is 16.3 Å². The Labute approximate surface area is 137 Å². The number of nitrogens with one attached hydrogen (secondary N) is 1. The van der Waals surface area contributed by atoms with Gasteiger partial charge in [-0.3, -0.25) is 10.1 Å². The third kappa shape index (κ3) is 2.94. The Morgan fingerprint density at radius 3 is 2.83 bits per heavy atom. The lowest BCUT2D eigenvalue weighted by Gasteiger charge is -2.28. The maximum Gasteiger partial charge on any atom is 0.293 e. The molecule has 2 aromatic rings. The lowest BCUT2D eigenvalue weighted by Crippen LogP contribution is -2.30. The Bertz CT molecular complexity index is 861. The van der Waals surface area contributed by atoms with Crippen LogP contribution in [0.4, 0.5) is 11.4 Å². The van der Waals surface area contributed by atoms with Gasteiger partial charge < -0.3 is 4.90 Å². The summed E-state index contributed by atoms with van der Waals surface area (Å²) in [4.78, 5) is 14.0. The maximum atomic E-state index is 11.8. The molecule has 7 nitrogen and oxygen atoms in total. The van der Waals surface area contributed by atoms with Crippen LogP contribution in [0.2, 0.25) is 0 Å². The second-order valence-electron chi connectivity index (χ2n) is 5.16. The Hall–Kier alpha value is -1.97. The summed E-state index contributed by atoms with van der Waals surface area (Å²) in [7, 11) is -2.44. The van der Waals surface area contributed by atoms with E-state index in [1.165, 1.54) is 29.6 Å². The number of nitro groups is 1. The number of sulfonamides is 1. The van der Waals surface area contributed by atoms with E-state index < -0.39 is 14.9 Å². The highest BCUT2D eigenvalue weighted by atomic mass is 32.2. The van der Waals surface area contributed by atoms with Crippen LogP contribution in [0.5, 0.6) is 0 Å². The summed E-state index contributed by atoms with van der Waals surface area (Å²) in [5.74, 6) is 0. The van der Waals surface area contributed by atoms with Crippen molar-refractivity contribution in [3.8, 4) is 0 Å². The van der Waals surface area contributed by atoms with Crippen LogP contribution < -0.4 is 9.62 Å². The lowest BCUT2D eigenvalue weighted by molar-refractivity contribution is -0.384. The SMILES string of the molecule is CNS(=O)(=O)c1ccc(N2CCc3sccc3C2)c([N+](=O)[O-])c1. The van der Waals surface area contributed by atoms with Gasteiger partial charge in [-0.15, -0.1) is 11.3 Å². The Kier molecular flexibility index (Phi) is 4.09. The Morgan fingerprint density at radius 1 is 1.35 bits per heavy atom. The molecule has 1 aromatic carbocycles. The van der Waals surface area contributed by atoms with Crippen LogP contribution in [0.15, 0.2) is 34.5 Å². The first-order valence-corrected chi connectivity index (χ1v) is 9.31. The summed E-state index contributed by atoms with van der Waals surface area (Å²) >= 11 is 1.69. The highest BCUT2D eigenvalue weighted by molar-refractivity contribution is 7.89. The highest BCUT2D eigenvalue weighted by Crippen LogP contribution is 2.35. The van der Waals surface area contributed by atoms with Crippen LogP contribution in [0.3, 0.4) is 0 Å². The molecule has 1 N–H and O–H groups in total. The Balaban J connectivity index is 2.02. The minimum atomic E-state index is -3.71. The average Bonchev–Trinajstić information content (AvgIpc) is 3.01. The van der Waals surface area contributed by atoms with Crippen LogP contribution in [0.25, 0.3) is 0 Å². The second-order valence-corrected chi connectivity index (χ2v) is 8.04. The zero-order chi connectivity index (χ0) is 16.6. The van der Waals surface area contributed by atoms with E-state index in [9.17, 15) is 18.5 Å². The molecule has 0 unspecified atom stereocenters. The van der Waals surface area contributed by atoms with Crippen LogP contribution in [-0.2, 0) is 23.0 Å². The molecule has 1 aliphatic heterocycles. The summed E-state index contributed by atoms with van der Waals surface area (Å²) in [6.45, 7) is 1.27. The predicted molar refractivity (Wildman–Crippen MR) is 88.4 cm³/mol. The first kappa shape index (κ1) is 15.9. The van der Waals surface area contributed by atoms with E-state index in [-0.39, 0.29) is 10.6 Å². The molecule has 0 radical (unpaired) electrons. The fourth-order valence-corrected chi connectivity index (χ4v) is 4.30. The van der Waals surface area contributed by atoms with Crippen LogP contribution >= 0.6 is 11.3 Å². The quantitative estimate of drug-likeness (QED) is 0.671. The summed E-state index contributed by atoms with van der Waals surface area (Å²) in [6.07, 6.45) is 0.834. The molecule has 0 bridgehead atoms. The normalized spacial score (nSPS) is 14.6. The van der Waals surface area contributed by atoms with E-state index in [4.69, 9.17) is 0 Å². The van der Waals surface area contributed by atoms with Crippen molar-refractivity contribution >= 4 is 32.7 Å². The van der Waals surface area contributed by atoms with Gasteiger partial charge in [0.05, 0.1) is 9.82 Å². The molecule has 0 saturated carbocycles.